The highest BCUT2D eigenvalue weighted by atomic mass is 19.4. The van der Waals surface area contributed by atoms with Gasteiger partial charge in [-0.15, -0.1) is 0 Å². The third kappa shape index (κ3) is 7.20. The molecule has 1 atom stereocenters. The first-order valence-corrected chi connectivity index (χ1v) is 12.1. The Morgan fingerprint density at radius 1 is 0.795 bits per heavy atom. The average Bonchev–Trinajstić information content (AvgIpc) is 3.72. The molecular formula is C28H25F8NO2. The fourth-order valence-corrected chi connectivity index (χ4v) is 4.14. The molecule has 0 bridgehead atoms. The summed E-state index contributed by atoms with van der Waals surface area (Å²) in [7, 11) is 0. The van der Waals surface area contributed by atoms with E-state index < -0.39 is 35.5 Å². The molecule has 3 aromatic rings. The van der Waals surface area contributed by atoms with Crippen LogP contribution in [-0.4, -0.2) is 23.9 Å². The Bertz CT molecular complexity index is 1270. The number of aliphatic hydroxyl groups is 1. The number of benzene rings is 3. The molecule has 210 valence electrons. The number of alkyl halides is 8. The first-order valence-electron chi connectivity index (χ1n) is 12.1. The van der Waals surface area contributed by atoms with Gasteiger partial charge in [0.2, 0.25) is 0 Å². The van der Waals surface area contributed by atoms with E-state index in [1.54, 1.807) is 29.2 Å². The summed E-state index contributed by atoms with van der Waals surface area (Å²) in [6, 6.07) is 15.1. The lowest BCUT2D eigenvalue weighted by atomic mass is 10.0. The summed E-state index contributed by atoms with van der Waals surface area (Å²) in [5.74, 6) is -4.67. The summed E-state index contributed by atoms with van der Waals surface area (Å²) in [5, 5.41) is 10.6. The molecule has 0 radical (unpaired) electrons. The van der Waals surface area contributed by atoms with Crippen LogP contribution in [0.1, 0.15) is 35.1 Å². The number of ether oxygens (including phenoxy) is 1. The Hall–Kier alpha value is -3.34. The second-order valence-corrected chi connectivity index (χ2v) is 9.54. The van der Waals surface area contributed by atoms with E-state index in [0.717, 1.165) is 37.1 Å². The van der Waals surface area contributed by atoms with E-state index in [9.17, 15) is 40.2 Å². The van der Waals surface area contributed by atoms with Crippen LogP contribution in [0.5, 0.6) is 5.75 Å². The maximum Gasteiger partial charge on any atom is 0.458 e. The SMILES string of the molecule is OC(CN(Cc1cccc(C(F)(F)C(F)(F)F)c1)c1cccc(OCc2cccc(C(F)(F)F)c2)c1)C1CC1. The first kappa shape index (κ1) is 28.7. The van der Waals surface area contributed by atoms with Crippen LogP contribution in [0.4, 0.5) is 40.8 Å². The molecule has 1 saturated carbocycles. The van der Waals surface area contributed by atoms with Crippen molar-refractivity contribution in [3.8, 4) is 5.75 Å². The van der Waals surface area contributed by atoms with Gasteiger partial charge in [-0.05, 0) is 60.2 Å². The van der Waals surface area contributed by atoms with Gasteiger partial charge in [0.25, 0.3) is 0 Å². The van der Waals surface area contributed by atoms with E-state index in [0.29, 0.717) is 23.1 Å². The zero-order valence-electron chi connectivity index (χ0n) is 20.4. The highest BCUT2D eigenvalue weighted by Crippen LogP contribution is 2.44. The molecule has 0 saturated heterocycles. The van der Waals surface area contributed by atoms with Crippen LogP contribution < -0.4 is 9.64 Å². The topological polar surface area (TPSA) is 32.7 Å². The third-order valence-electron chi connectivity index (χ3n) is 6.44. The van der Waals surface area contributed by atoms with E-state index >= 15 is 0 Å². The van der Waals surface area contributed by atoms with Gasteiger partial charge in [0, 0.05) is 30.4 Å². The Balaban J connectivity index is 1.55. The molecule has 0 amide bonds. The summed E-state index contributed by atoms with van der Waals surface area (Å²) < 4.78 is 111. The van der Waals surface area contributed by atoms with Gasteiger partial charge in [-0.3, -0.25) is 0 Å². The van der Waals surface area contributed by atoms with Crippen molar-refractivity contribution in [3.63, 3.8) is 0 Å². The van der Waals surface area contributed by atoms with Gasteiger partial charge in [0.05, 0.1) is 11.7 Å². The van der Waals surface area contributed by atoms with Crippen molar-refractivity contribution in [2.75, 3.05) is 11.4 Å². The van der Waals surface area contributed by atoms with Crippen molar-refractivity contribution in [2.45, 2.75) is 50.4 Å². The van der Waals surface area contributed by atoms with Crippen molar-refractivity contribution in [3.05, 3.63) is 95.1 Å². The maximum atomic E-state index is 13.9. The van der Waals surface area contributed by atoms with Crippen molar-refractivity contribution < 1.29 is 45.0 Å². The first-order chi connectivity index (χ1) is 18.2. The van der Waals surface area contributed by atoms with E-state index in [1.807, 2.05) is 0 Å². The fourth-order valence-electron chi connectivity index (χ4n) is 4.14. The molecule has 1 aliphatic rings. The zero-order chi connectivity index (χ0) is 28.4. The Labute approximate surface area is 219 Å². The van der Waals surface area contributed by atoms with Gasteiger partial charge in [-0.1, -0.05) is 36.4 Å². The molecule has 0 heterocycles. The second kappa shape index (κ2) is 11.0. The standard InChI is InChI=1S/C28H25F8NO2/c29-26(30,28(34,35)36)21-6-1-4-18(12-21)15-37(16-25(38)20-10-11-20)23-8-3-9-24(14-23)39-17-19-5-2-7-22(13-19)27(31,32)33/h1-9,12-14,20,25,38H,10-11,15-17H2. The molecule has 1 aliphatic carbocycles. The van der Waals surface area contributed by atoms with E-state index in [4.69, 9.17) is 4.74 Å². The molecule has 0 spiro atoms. The molecule has 39 heavy (non-hydrogen) atoms. The molecule has 1 fully saturated rings. The van der Waals surface area contributed by atoms with Crippen LogP contribution in [0, 0.1) is 5.92 Å². The van der Waals surface area contributed by atoms with Gasteiger partial charge in [0.1, 0.15) is 12.4 Å². The number of hydrogen-bond acceptors (Lipinski definition) is 3. The highest BCUT2D eigenvalue weighted by molar-refractivity contribution is 5.51. The van der Waals surface area contributed by atoms with Gasteiger partial charge in [0.15, 0.2) is 0 Å². The van der Waals surface area contributed by atoms with Crippen LogP contribution in [-0.2, 0) is 25.3 Å². The van der Waals surface area contributed by atoms with Gasteiger partial charge in [-0.25, -0.2) is 0 Å². The number of rotatable bonds is 10. The normalized spacial score (nSPS) is 15.2. The minimum Gasteiger partial charge on any atom is -0.489 e. The Morgan fingerprint density at radius 2 is 1.41 bits per heavy atom. The predicted molar refractivity (Wildman–Crippen MR) is 128 cm³/mol. The van der Waals surface area contributed by atoms with Crippen molar-refractivity contribution >= 4 is 5.69 Å². The van der Waals surface area contributed by atoms with Gasteiger partial charge < -0.3 is 14.7 Å². The fraction of sp³-hybridized carbons (Fsp3) is 0.357. The number of nitrogens with zero attached hydrogens (tertiary/aromatic N) is 1. The minimum atomic E-state index is -5.75. The monoisotopic (exact) mass is 559 g/mol. The third-order valence-corrected chi connectivity index (χ3v) is 6.44. The van der Waals surface area contributed by atoms with Crippen molar-refractivity contribution in [2.24, 2.45) is 5.92 Å². The van der Waals surface area contributed by atoms with Crippen molar-refractivity contribution in [1.82, 2.24) is 0 Å². The molecule has 3 aromatic carbocycles. The molecule has 1 N–H and O–H groups in total. The van der Waals surface area contributed by atoms with Crippen LogP contribution >= 0.6 is 0 Å². The smallest absolute Gasteiger partial charge is 0.458 e. The second-order valence-electron chi connectivity index (χ2n) is 9.54. The molecule has 3 nitrogen and oxygen atoms in total. The summed E-state index contributed by atoms with van der Waals surface area (Å²) in [6.45, 7) is -0.156. The van der Waals surface area contributed by atoms with E-state index in [-0.39, 0.29) is 31.2 Å². The molecule has 4 rings (SSSR count). The van der Waals surface area contributed by atoms with Crippen LogP contribution in [0.15, 0.2) is 72.8 Å². The lowest BCUT2D eigenvalue weighted by molar-refractivity contribution is -0.289. The number of hydrogen-bond donors (Lipinski definition) is 1. The summed E-state index contributed by atoms with van der Waals surface area (Å²) in [5.41, 5.74) is -1.04. The molecule has 0 aromatic heterocycles. The van der Waals surface area contributed by atoms with Crippen LogP contribution in [0.3, 0.4) is 0 Å². The predicted octanol–water partition coefficient (Wildman–Crippen LogP) is 7.72. The highest BCUT2D eigenvalue weighted by Gasteiger charge is 2.58. The Morgan fingerprint density at radius 3 is 2.05 bits per heavy atom. The number of halogens is 8. The molecule has 1 unspecified atom stereocenters. The van der Waals surface area contributed by atoms with Crippen LogP contribution in [0.25, 0.3) is 0 Å². The summed E-state index contributed by atoms with van der Waals surface area (Å²) in [6.07, 6.45) is -9.36. The number of aliphatic hydroxyl groups excluding tert-OH is 1. The minimum absolute atomic E-state index is 0.0636. The van der Waals surface area contributed by atoms with E-state index in [2.05, 4.69) is 0 Å². The molecule has 11 heteroatoms. The summed E-state index contributed by atoms with van der Waals surface area (Å²) >= 11 is 0. The van der Waals surface area contributed by atoms with Gasteiger partial charge in [-0.2, -0.15) is 35.1 Å². The van der Waals surface area contributed by atoms with Crippen LogP contribution in [0.2, 0.25) is 0 Å². The molecular weight excluding hydrogens is 534 g/mol. The average molecular weight is 559 g/mol. The zero-order valence-corrected chi connectivity index (χ0v) is 20.4. The maximum absolute atomic E-state index is 13.9. The lowest BCUT2D eigenvalue weighted by Gasteiger charge is -2.28. The number of anilines is 1. The van der Waals surface area contributed by atoms with Crippen molar-refractivity contribution in [1.29, 1.82) is 0 Å². The summed E-state index contributed by atoms with van der Waals surface area (Å²) in [4.78, 5) is 1.64. The van der Waals surface area contributed by atoms with Gasteiger partial charge >= 0.3 is 18.3 Å². The largest absolute Gasteiger partial charge is 0.489 e. The quantitative estimate of drug-likeness (QED) is 0.258. The molecule has 0 aliphatic heterocycles. The Kier molecular flexibility index (Phi) is 8.11. The lowest BCUT2D eigenvalue weighted by Crippen LogP contribution is -2.34. The van der Waals surface area contributed by atoms with E-state index in [1.165, 1.54) is 18.2 Å².